The Hall–Kier alpha value is 0. The molecule has 0 amide bonds. The quantitative estimate of drug-likeness (QED) is 0.399. The van der Waals surface area contributed by atoms with Crippen LogP contribution >= 0.6 is 0 Å². The van der Waals surface area contributed by atoms with Gasteiger partial charge in [-0.25, -0.2) is 0 Å². The molecule has 0 heterocycles. The SMILES string of the molecule is CCCCC(CCCCC(C)CC)[C](C)C. The third kappa shape index (κ3) is 8.19. The van der Waals surface area contributed by atoms with Crippen LogP contribution in [0.2, 0.25) is 0 Å². The normalized spacial score (nSPS) is 15.4. The van der Waals surface area contributed by atoms with E-state index < -0.39 is 0 Å². The molecule has 0 aromatic rings. The maximum absolute atomic E-state index is 2.38. The van der Waals surface area contributed by atoms with Crippen molar-refractivity contribution in [1.29, 1.82) is 0 Å². The van der Waals surface area contributed by atoms with Crippen LogP contribution in [0, 0.1) is 17.8 Å². The van der Waals surface area contributed by atoms with Gasteiger partial charge in [0.25, 0.3) is 0 Å². The molecule has 0 saturated heterocycles. The van der Waals surface area contributed by atoms with Crippen molar-refractivity contribution in [3.63, 3.8) is 0 Å². The van der Waals surface area contributed by atoms with Crippen LogP contribution in [0.5, 0.6) is 0 Å². The standard InChI is InChI=1S/C16H33/c1-6-8-12-16(14(3)4)13-10-9-11-15(5)7-2/h15-16H,6-13H2,1-5H3. The van der Waals surface area contributed by atoms with Gasteiger partial charge in [-0.1, -0.05) is 73.1 Å². The molecular formula is C16H33. The van der Waals surface area contributed by atoms with Gasteiger partial charge in [0, 0.05) is 0 Å². The molecule has 0 rings (SSSR count). The Labute approximate surface area is 104 Å². The summed E-state index contributed by atoms with van der Waals surface area (Å²) in [6, 6.07) is 0. The van der Waals surface area contributed by atoms with Gasteiger partial charge < -0.3 is 0 Å². The second-order valence-corrected chi connectivity index (χ2v) is 5.71. The van der Waals surface area contributed by atoms with Crippen molar-refractivity contribution in [2.45, 2.75) is 86.0 Å². The van der Waals surface area contributed by atoms with Crippen molar-refractivity contribution in [2.24, 2.45) is 11.8 Å². The van der Waals surface area contributed by atoms with E-state index in [1.165, 1.54) is 51.4 Å². The molecule has 0 N–H and O–H groups in total. The third-order valence-electron chi connectivity index (χ3n) is 3.92. The Bertz CT molecular complexity index is 137. The van der Waals surface area contributed by atoms with Crippen LogP contribution in [0.4, 0.5) is 0 Å². The molecule has 1 radical (unpaired) electrons. The van der Waals surface area contributed by atoms with E-state index in [4.69, 9.17) is 0 Å². The van der Waals surface area contributed by atoms with Crippen molar-refractivity contribution in [1.82, 2.24) is 0 Å². The monoisotopic (exact) mass is 225 g/mol. The molecule has 16 heavy (non-hydrogen) atoms. The van der Waals surface area contributed by atoms with Gasteiger partial charge >= 0.3 is 0 Å². The first-order valence-corrected chi connectivity index (χ1v) is 7.41. The second kappa shape index (κ2) is 10.2. The second-order valence-electron chi connectivity index (χ2n) is 5.71. The maximum atomic E-state index is 2.38. The number of hydrogen-bond donors (Lipinski definition) is 0. The maximum Gasteiger partial charge on any atom is -0.0272 e. The summed E-state index contributed by atoms with van der Waals surface area (Å²) in [7, 11) is 0. The highest BCUT2D eigenvalue weighted by molar-refractivity contribution is 4.86. The lowest BCUT2D eigenvalue weighted by molar-refractivity contribution is 0.408. The van der Waals surface area contributed by atoms with Crippen molar-refractivity contribution >= 4 is 0 Å². The van der Waals surface area contributed by atoms with Gasteiger partial charge in [-0.05, 0) is 30.6 Å². The molecule has 2 unspecified atom stereocenters. The van der Waals surface area contributed by atoms with Gasteiger partial charge in [0.2, 0.25) is 0 Å². The Morgan fingerprint density at radius 3 is 1.94 bits per heavy atom. The van der Waals surface area contributed by atoms with Gasteiger partial charge in [0.15, 0.2) is 0 Å². The minimum atomic E-state index is 0.900. The van der Waals surface area contributed by atoms with Crippen molar-refractivity contribution in [3.8, 4) is 0 Å². The number of hydrogen-bond acceptors (Lipinski definition) is 0. The largest absolute Gasteiger partial charge is 0.0654 e. The van der Waals surface area contributed by atoms with Crippen molar-refractivity contribution in [2.75, 3.05) is 0 Å². The van der Waals surface area contributed by atoms with E-state index in [9.17, 15) is 0 Å². The van der Waals surface area contributed by atoms with Crippen molar-refractivity contribution in [3.05, 3.63) is 5.92 Å². The summed E-state index contributed by atoms with van der Waals surface area (Å²) in [5.41, 5.74) is 0. The Morgan fingerprint density at radius 1 is 0.875 bits per heavy atom. The fourth-order valence-electron chi connectivity index (χ4n) is 2.26. The number of unbranched alkanes of at least 4 members (excludes halogenated alkanes) is 2. The van der Waals surface area contributed by atoms with Gasteiger partial charge in [0.05, 0.1) is 0 Å². The van der Waals surface area contributed by atoms with E-state index >= 15 is 0 Å². The predicted octanol–water partition coefficient (Wildman–Crippen LogP) is 6.01. The van der Waals surface area contributed by atoms with E-state index in [-0.39, 0.29) is 0 Å². The minimum absolute atomic E-state index is 0.900. The molecule has 0 aromatic heterocycles. The van der Waals surface area contributed by atoms with Crippen LogP contribution in [0.15, 0.2) is 0 Å². The molecule has 0 aliphatic heterocycles. The molecule has 0 fully saturated rings. The van der Waals surface area contributed by atoms with Crippen LogP contribution in [-0.4, -0.2) is 0 Å². The van der Waals surface area contributed by atoms with E-state index in [0.717, 1.165) is 11.8 Å². The van der Waals surface area contributed by atoms with E-state index in [1.807, 2.05) is 0 Å². The molecule has 0 aromatic carbocycles. The average Bonchev–Trinajstić information content (AvgIpc) is 2.27. The lowest BCUT2D eigenvalue weighted by Gasteiger charge is -2.20. The smallest absolute Gasteiger partial charge is 0.0272 e. The van der Waals surface area contributed by atoms with Gasteiger partial charge in [0.1, 0.15) is 0 Å². The van der Waals surface area contributed by atoms with Crippen molar-refractivity contribution < 1.29 is 0 Å². The zero-order valence-corrected chi connectivity index (χ0v) is 12.3. The first-order valence-electron chi connectivity index (χ1n) is 7.41. The fraction of sp³-hybridized carbons (Fsp3) is 0.938. The highest BCUT2D eigenvalue weighted by Gasteiger charge is 2.12. The summed E-state index contributed by atoms with van der Waals surface area (Å²) in [6.07, 6.45) is 11.2. The molecular weight excluding hydrogens is 192 g/mol. The Morgan fingerprint density at radius 2 is 1.44 bits per heavy atom. The van der Waals surface area contributed by atoms with Gasteiger partial charge in [-0.2, -0.15) is 0 Å². The van der Waals surface area contributed by atoms with Crippen LogP contribution in [0.25, 0.3) is 0 Å². The summed E-state index contributed by atoms with van der Waals surface area (Å²) in [5, 5.41) is 0. The molecule has 0 nitrogen and oxygen atoms in total. The highest BCUT2D eigenvalue weighted by Crippen LogP contribution is 2.26. The fourth-order valence-corrected chi connectivity index (χ4v) is 2.26. The van der Waals surface area contributed by atoms with Gasteiger partial charge in [-0.15, -0.1) is 0 Å². The zero-order valence-electron chi connectivity index (χ0n) is 12.3. The van der Waals surface area contributed by atoms with E-state index in [0.29, 0.717) is 0 Å². The first-order chi connectivity index (χ1) is 7.61. The summed E-state index contributed by atoms with van der Waals surface area (Å²) in [6.45, 7) is 11.6. The molecule has 0 bridgehead atoms. The van der Waals surface area contributed by atoms with E-state index in [1.54, 1.807) is 5.92 Å². The average molecular weight is 225 g/mol. The zero-order chi connectivity index (χ0) is 12.4. The Kier molecular flexibility index (Phi) is 10.2. The summed E-state index contributed by atoms with van der Waals surface area (Å²) >= 11 is 0. The molecule has 2 atom stereocenters. The topological polar surface area (TPSA) is 0 Å². The minimum Gasteiger partial charge on any atom is -0.0654 e. The molecule has 0 aliphatic carbocycles. The summed E-state index contributed by atoms with van der Waals surface area (Å²) in [4.78, 5) is 0. The highest BCUT2D eigenvalue weighted by atomic mass is 14.2. The molecule has 97 valence electrons. The Balaban J connectivity index is 3.59. The molecule has 0 saturated carbocycles. The lowest BCUT2D eigenvalue weighted by Crippen LogP contribution is -2.07. The van der Waals surface area contributed by atoms with Crippen LogP contribution in [0.1, 0.15) is 86.0 Å². The van der Waals surface area contributed by atoms with Crippen LogP contribution in [-0.2, 0) is 0 Å². The summed E-state index contributed by atoms with van der Waals surface area (Å²) < 4.78 is 0. The molecule has 0 aliphatic rings. The summed E-state index contributed by atoms with van der Waals surface area (Å²) in [5.74, 6) is 3.48. The van der Waals surface area contributed by atoms with E-state index in [2.05, 4.69) is 34.6 Å². The number of rotatable bonds is 10. The van der Waals surface area contributed by atoms with Crippen LogP contribution < -0.4 is 0 Å². The van der Waals surface area contributed by atoms with Crippen LogP contribution in [0.3, 0.4) is 0 Å². The third-order valence-corrected chi connectivity index (χ3v) is 3.92. The molecule has 0 heteroatoms. The predicted molar refractivity (Wildman–Crippen MR) is 75.5 cm³/mol. The molecule has 0 spiro atoms. The first kappa shape index (κ1) is 16.0. The lowest BCUT2D eigenvalue weighted by atomic mass is 9.85. The van der Waals surface area contributed by atoms with Gasteiger partial charge in [-0.3, -0.25) is 0 Å².